The average Bonchev–Trinajstić information content (AvgIpc) is 2.78. The lowest BCUT2D eigenvalue weighted by Gasteiger charge is -2.12. The van der Waals surface area contributed by atoms with Crippen LogP contribution in [0.25, 0.3) is 0 Å². The van der Waals surface area contributed by atoms with Gasteiger partial charge in [-0.15, -0.1) is 0 Å². The lowest BCUT2D eigenvalue weighted by molar-refractivity contribution is 0.0950. The normalized spacial score (nSPS) is 10.9. The summed E-state index contributed by atoms with van der Waals surface area (Å²) in [6.07, 6.45) is 0. The van der Waals surface area contributed by atoms with Crippen LogP contribution in [0.15, 0.2) is 71.6 Å². The van der Waals surface area contributed by atoms with Gasteiger partial charge in [-0.25, -0.2) is 12.8 Å². The van der Waals surface area contributed by atoms with Crippen molar-refractivity contribution >= 4 is 21.6 Å². The molecule has 0 atom stereocenters. The minimum absolute atomic E-state index is 0.137. The van der Waals surface area contributed by atoms with Crippen LogP contribution < -0.4 is 19.5 Å². The van der Waals surface area contributed by atoms with E-state index in [4.69, 9.17) is 9.47 Å². The molecular formula is C22H21FN2O5S. The van der Waals surface area contributed by atoms with Crippen molar-refractivity contribution in [3.8, 4) is 11.5 Å². The Hall–Kier alpha value is -3.59. The van der Waals surface area contributed by atoms with E-state index in [1.807, 2.05) is 0 Å². The van der Waals surface area contributed by atoms with E-state index < -0.39 is 21.7 Å². The topological polar surface area (TPSA) is 93.7 Å². The number of para-hydroxylation sites is 1. The fraction of sp³-hybridized carbons (Fsp3) is 0.136. The van der Waals surface area contributed by atoms with Gasteiger partial charge in [0.1, 0.15) is 17.3 Å². The van der Waals surface area contributed by atoms with Gasteiger partial charge in [-0.1, -0.05) is 18.2 Å². The number of anilines is 1. The first-order valence-electron chi connectivity index (χ1n) is 9.20. The van der Waals surface area contributed by atoms with Crippen LogP contribution in [0.5, 0.6) is 11.5 Å². The highest BCUT2D eigenvalue weighted by atomic mass is 32.2. The van der Waals surface area contributed by atoms with E-state index in [1.54, 1.807) is 18.2 Å². The third-order valence-electron chi connectivity index (χ3n) is 4.45. The van der Waals surface area contributed by atoms with Gasteiger partial charge in [0.2, 0.25) is 0 Å². The third kappa shape index (κ3) is 5.32. The zero-order valence-electron chi connectivity index (χ0n) is 16.9. The number of rotatable bonds is 8. The number of carbonyl (C=O) groups excluding carboxylic acids is 1. The molecule has 0 unspecified atom stereocenters. The van der Waals surface area contributed by atoms with Gasteiger partial charge in [-0.2, -0.15) is 0 Å². The fourth-order valence-electron chi connectivity index (χ4n) is 2.85. The molecule has 3 aromatic carbocycles. The predicted molar refractivity (Wildman–Crippen MR) is 114 cm³/mol. The zero-order chi connectivity index (χ0) is 22.4. The van der Waals surface area contributed by atoms with Crippen LogP contribution in [-0.2, 0) is 16.6 Å². The number of sulfonamides is 1. The SMILES string of the molecule is COc1ccc(OC)c(CNC(=O)c2cccc(S(=O)(=O)Nc3ccccc3F)c2)c1. The molecule has 9 heteroatoms. The van der Waals surface area contributed by atoms with E-state index in [2.05, 4.69) is 10.0 Å². The van der Waals surface area contributed by atoms with Crippen molar-refractivity contribution < 1.29 is 27.1 Å². The zero-order valence-corrected chi connectivity index (χ0v) is 17.7. The van der Waals surface area contributed by atoms with Crippen molar-refractivity contribution in [2.45, 2.75) is 11.4 Å². The maximum absolute atomic E-state index is 13.8. The minimum atomic E-state index is -4.09. The molecule has 3 rings (SSSR count). The summed E-state index contributed by atoms with van der Waals surface area (Å²) >= 11 is 0. The monoisotopic (exact) mass is 444 g/mol. The Balaban J connectivity index is 1.77. The highest BCUT2D eigenvalue weighted by Gasteiger charge is 2.18. The van der Waals surface area contributed by atoms with E-state index in [0.29, 0.717) is 17.1 Å². The molecule has 0 aliphatic rings. The van der Waals surface area contributed by atoms with Crippen molar-refractivity contribution in [2.24, 2.45) is 0 Å². The molecule has 31 heavy (non-hydrogen) atoms. The summed E-state index contributed by atoms with van der Waals surface area (Å²) in [5, 5.41) is 2.73. The summed E-state index contributed by atoms with van der Waals surface area (Å²) in [5.74, 6) is 0.00361. The van der Waals surface area contributed by atoms with E-state index in [-0.39, 0.29) is 22.7 Å². The van der Waals surface area contributed by atoms with Crippen molar-refractivity contribution in [3.63, 3.8) is 0 Å². The number of halogens is 1. The molecule has 0 saturated heterocycles. The number of methoxy groups -OCH3 is 2. The molecule has 0 aromatic heterocycles. The van der Waals surface area contributed by atoms with Gasteiger partial charge in [-0.05, 0) is 48.5 Å². The second-order valence-electron chi connectivity index (χ2n) is 6.47. The Morgan fingerprint density at radius 2 is 1.74 bits per heavy atom. The summed E-state index contributed by atoms with van der Waals surface area (Å²) < 4.78 is 51.7. The molecule has 162 valence electrons. The Bertz CT molecular complexity index is 1200. The van der Waals surface area contributed by atoms with Crippen molar-refractivity contribution in [2.75, 3.05) is 18.9 Å². The molecule has 0 fully saturated rings. The first-order valence-corrected chi connectivity index (χ1v) is 10.7. The maximum Gasteiger partial charge on any atom is 0.262 e. The molecule has 1 amide bonds. The molecule has 0 spiro atoms. The molecule has 0 aliphatic heterocycles. The van der Waals surface area contributed by atoms with Gasteiger partial charge in [0.15, 0.2) is 0 Å². The van der Waals surface area contributed by atoms with Gasteiger partial charge in [0.25, 0.3) is 15.9 Å². The Labute approximate surface area is 179 Å². The number of hydrogen-bond donors (Lipinski definition) is 2. The smallest absolute Gasteiger partial charge is 0.262 e. The fourth-order valence-corrected chi connectivity index (χ4v) is 3.96. The van der Waals surface area contributed by atoms with Crippen LogP contribution in [0.4, 0.5) is 10.1 Å². The van der Waals surface area contributed by atoms with Gasteiger partial charge in [-0.3, -0.25) is 9.52 Å². The van der Waals surface area contributed by atoms with Crippen molar-refractivity contribution in [1.82, 2.24) is 5.32 Å². The molecule has 2 N–H and O–H groups in total. The molecule has 0 saturated carbocycles. The largest absolute Gasteiger partial charge is 0.497 e. The Morgan fingerprint density at radius 1 is 0.968 bits per heavy atom. The van der Waals surface area contributed by atoms with Crippen LogP contribution in [0.3, 0.4) is 0 Å². The number of carbonyl (C=O) groups is 1. The lowest BCUT2D eigenvalue weighted by atomic mass is 10.1. The second-order valence-corrected chi connectivity index (χ2v) is 8.16. The van der Waals surface area contributed by atoms with Gasteiger partial charge >= 0.3 is 0 Å². The highest BCUT2D eigenvalue weighted by molar-refractivity contribution is 7.92. The summed E-state index contributed by atoms with van der Waals surface area (Å²) in [6.45, 7) is 0.143. The molecular weight excluding hydrogens is 423 g/mol. The molecule has 0 heterocycles. The van der Waals surface area contributed by atoms with E-state index in [0.717, 1.165) is 6.07 Å². The number of amides is 1. The predicted octanol–water partition coefficient (Wildman–Crippen LogP) is 3.57. The summed E-state index contributed by atoms with van der Waals surface area (Å²) in [7, 11) is -1.03. The number of nitrogens with one attached hydrogen (secondary N) is 2. The average molecular weight is 444 g/mol. The van der Waals surface area contributed by atoms with Crippen LogP contribution >= 0.6 is 0 Å². The standard InChI is InChI=1S/C22H21FN2O5S/c1-29-17-10-11-21(30-2)16(12-17)14-24-22(26)15-6-5-7-18(13-15)31(27,28)25-20-9-4-3-8-19(20)23/h3-13,25H,14H2,1-2H3,(H,24,26). The Kier molecular flexibility index (Phi) is 6.76. The van der Waals surface area contributed by atoms with Crippen LogP contribution in [-0.4, -0.2) is 28.5 Å². The van der Waals surface area contributed by atoms with Crippen LogP contribution in [0.1, 0.15) is 15.9 Å². The first kappa shape index (κ1) is 22.1. The van der Waals surface area contributed by atoms with Gasteiger partial charge in [0, 0.05) is 17.7 Å². The van der Waals surface area contributed by atoms with Crippen molar-refractivity contribution in [1.29, 1.82) is 0 Å². The molecule has 0 aliphatic carbocycles. The Morgan fingerprint density at radius 3 is 2.45 bits per heavy atom. The minimum Gasteiger partial charge on any atom is -0.497 e. The molecule has 7 nitrogen and oxygen atoms in total. The van der Waals surface area contributed by atoms with Gasteiger partial charge < -0.3 is 14.8 Å². The molecule has 0 bridgehead atoms. The van der Waals surface area contributed by atoms with E-state index in [1.165, 1.54) is 56.7 Å². The highest BCUT2D eigenvalue weighted by Crippen LogP contribution is 2.24. The third-order valence-corrected chi connectivity index (χ3v) is 5.81. The van der Waals surface area contributed by atoms with E-state index in [9.17, 15) is 17.6 Å². The van der Waals surface area contributed by atoms with Crippen LogP contribution in [0, 0.1) is 5.82 Å². The van der Waals surface area contributed by atoms with Crippen LogP contribution in [0.2, 0.25) is 0 Å². The summed E-state index contributed by atoms with van der Waals surface area (Å²) in [4.78, 5) is 12.4. The maximum atomic E-state index is 13.8. The van der Waals surface area contributed by atoms with Gasteiger partial charge in [0.05, 0.1) is 24.8 Å². The quantitative estimate of drug-likeness (QED) is 0.554. The molecule has 0 radical (unpaired) electrons. The summed E-state index contributed by atoms with van der Waals surface area (Å²) in [6, 6.07) is 16.1. The lowest BCUT2D eigenvalue weighted by Crippen LogP contribution is -2.23. The van der Waals surface area contributed by atoms with Crippen molar-refractivity contribution in [3.05, 3.63) is 83.7 Å². The number of hydrogen-bond acceptors (Lipinski definition) is 5. The number of ether oxygens (including phenoxy) is 2. The summed E-state index contributed by atoms with van der Waals surface area (Å²) in [5.41, 5.74) is 0.654. The first-order chi connectivity index (χ1) is 14.8. The molecule has 3 aromatic rings. The van der Waals surface area contributed by atoms with E-state index >= 15 is 0 Å². The number of benzene rings is 3. The second kappa shape index (κ2) is 9.48.